The van der Waals surface area contributed by atoms with E-state index in [0.29, 0.717) is 18.5 Å². The summed E-state index contributed by atoms with van der Waals surface area (Å²) in [6.07, 6.45) is 5.09. The van der Waals surface area contributed by atoms with E-state index in [-0.39, 0.29) is 24.4 Å². The first kappa shape index (κ1) is 27.1. The van der Waals surface area contributed by atoms with Gasteiger partial charge in [-0.15, -0.1) is 0 Å². The summed E-state index contributed by atoms with van der Waals surface area (Å²) in [5, 5.41) is 12.3. The molecular formula is C31H33N5O4. The van der Waals surface area contributed by atoms with Crippen molar-refractivity contribution in [2.24, 2.45) is 0 Å². The quantitative estimate of drug-likeness (QED) is 0.336. The standard InChI is InChI=1S/C31H33N5O4/c1-31(2,3)40-28(39)20-32-26(37)19-22-13-7-8-14-24(22)36-27(38)17-16-23(33-36)29-25-15-9-10-18-35(25)34-30(29)21-11-5-4-6-12-21/h4-6,9-12,15-18H,7-8,13-14,19-20H2,1-3H3,(H,32,37). The zero-order valence-electron chi connectivity index (χ0n) is 23.0. The first-order valence-corrected chi connectivity index (χ1v) is 13.5. The lowest BCUT2D eigenvalue weighted by Crippen LogP contribution is -2.35. The first-order chi connectivity index (χ1) is 19.2. The molecule has 0 spiro atoms. The molecule has 0 atom stereocenters. The van der Waals surface area contributed by atoms with Gasteiger partial charge in [-0.2, -0.15) is 10.2 Å². The van der Waals surface area contributed by atoms with Crippen molar-refractivity contribution in [1.82, 2.24) is 24.7 Å². The van der Waals surface area contributed by atoms with Crippen LogP contribution in [0.15, 0.2) is 77.2 Å². The van der Waals surface area contributed by atoms with E-state index in [1.54, 1.807) is 26.8 Å². The molecule has 0 aliphatic heterocycles. The van der Waals surface area contributed by atoms with Crippen molar-refractivity contribution >= 4 is 23.1 Å². The van der Waals surface area contributed by atoms with Crippen LogP contribution in [0.5, 0.6) is 0 Å². The summed E-state index contributed by atoms with van der Waals surface area (Å²) < 4.78 is 8.53. The van der Waals surface area contributed by atoms with Crippen LogP contribution in [0.1, 0.15) is 52.9 Å². The van der Waals surface area contributed by atoms with E-state index in [1.807, 2.05) is 59.2 Å². The van der Waals surface area contributed by atoms with E-state index in [2.05, 4.69) is 5.32 Å². The Balaban J connectivity index is 1.50. The fourth-order valence-electron chi connectivity index (χ4n) is 4.99. The molecule has 9 nitrogen and oxygen atoms in total. The van der Waals surface area contributed by atoms with Gasteiger partial charge >= 0.3 is 5.97 Å². The predicted octanol–water partition coefficient (Wildman–Crippen LogP) is 4.86. The molecule has 0 radical (unpaired) electrons. The highest BCUT2D eigenvalue weighted by Crippen LogP contribution is 2.35. The van der Waals surface area contributed by atoms with Crippen LogP contribution < -0.4 is 10.9 Å². The van der Waals surface area contributed by atoms with Crippen LogP contribution in [0.4, 0.5) is 0 Å². The molecule has 9 heteroatoms. The second-order valence-corrected chi connectivity index (χ2v) is 10.9. The van der Waals surface area contributed by atoms with Crippen LogP contribution in [-0.4, -0.2) is 43.4 Å². The van der Waals surface area contributed by atoms with Crippen LogP contribution in [-0.2, 0) is 14.3 Å². The van der Waals surface area contributed by atoms with Gasteiger partial charge in [0.05, 0.1) is 16.8 Å². The number of benzene rings is 1. The Morgan fingerprint density at radius 3 is 2.48 bits per heavy atom. The summed E-state index contributed by atoms with van der Waals surface area (Å²) in [4.78, 5) is 37.9. The molecule has 0 saturated heterocycles. The average Bonchev–Trinajstić information content (AvgIpc) is 3.32. The van der Waals surface area contributed by atoms with Gasteiger partial charge in [-0.1, -0.05) is 36.4 Å². The molecule has 0 unspecified atom stereocenters. The molecule has 1 aliphatic carbocycles. The number of nitrogens with zero attached hydrogens (tertiary/aromatic N) is 4. The van der Waals surface area contributed by atoms with Crippen molar-refractivity contribution in [3.63, 3.8) is 0 Å². The smallest absolute Gasteiger partial charge is 0.325 e. The van der Waals surface area contributed by atoms with Crippen LogP contribution in [0.3, 0.4) is 0 Å². The second kappa shape index (κ2) is 11.3. The maximum atomic E-state index is 13.1. The molecular weight excluding hydrogens is 506 g/mol. The highest BCUT2D eigenvalue weighted by molar-refractivity contribution is 5.90. The minimum absolute atomic E-state index is 0.0858. The summed E-state index contributed by atoms with van der Waals surface area (Å²) in [6.45, 7) is 5.13. The van der Waals surface area contributed by atoms with Gasteiger partial charge < -0.3 is 10.1 Å². The molecule has 0 bridgehead atoms. The SMILES string of the molecule is CC(C)(C)OC(=O)CNC(=O)CC1=C(n2nc(-c3c(-c4ccccc4)nn4ccccc34)ccc2=O)CCCC1. The fourth-order valence-corrected chi connectivity index (χ4v) is 4.99. The number of carbonyl (C=O) groups excluding carboxylic acids is 2. The van der Waals surface area contributed by atoms with Crippen LogP contribution in [0.2, 0.25) is 0 Å². The number of pyridine rings is 1. The molecule has 3 heterocycles. The maximum absolute atomic E-state index is 13.1. The topological polar surface area (TPSA) is 108 Å². The number of rotatable bonds is 7. The number of ether oxygens (including phenoxy) is 1. The molecule has 5 rings (SSSR count). The summed E-state index contributed by atoms with van der Waals surface area (Å²) in [5.41, 5.74) is 4.73. The Labute approximate surface area is 232 Å². The molecule has 1 N–H and O–H groups in total. The van der Waals surface area contributed by atoms with Gasteiger partial charge in [-0.25, -0.2) is 9.20 Å². The van der Waals surface area contributed by atoms with Gasteiger partial charge in [0, 0.05) is 29.9 Å². The Bertz CT molecular complexity index is 1640. The zero-order valence-corrected chi connectivity index (χ0v) is 23.0. The third kappa shape index (κ3) is 6.03. The maximum Gasteiger partial charge on any atom is 0.325 e. The molecule has 1 aromatic carbocycles. The Morgan fingerprint density at radius 1 is 0.950 bits per heavy atom. The minimum Gasteiger partial charge on any atom is -0.459 e. The van der Waals surface area contributed by atoms with Gasteiger partial charge in [0.25, 0.3) is 5.56 Å². The first-order valence-electron chi connectivity index (χ1n) is 13.5. The number of amides is 1. The van der Waals surface area contributed by atoms with Crippen LogP contribution >= 0.6 is 0 Å². The lowest BCUT2D eigenvalue weighted by molar-refractivity contribution is -0.154. The highest BCUT2D eigenvalue weighted by atomic mass is 16.6. The summed E-state index contributed by atoms with van der Waals surface area (Å²) in [7, 11) is 0. The highest BCUT2D eigenvalue weighted by Gasteiger charge is 2.23. The van der Waals surface area contributed by atoms with E-state index in [1.165, 1.54) is 10.7 Å². The van der Waals surface area contributed by atoms with Gasteiger partial charge in [-0.3, -0.25) is 14.4 Å². The molecule has 1 amide bonds. The fraction of sp³-hybridized carbons (Fsp3) is 0.323. The Kier molecular flexibility index (Phi) is 7.64. The largest absolute Gasteiger partial charge is 0.459 e. The monoisotopic (exact) mass is 539 g/mol. The van der Waals surface area contributed by atoms with Gasteiger partial charge in [-0.05, 0) is 70.2 Å². The minimum atomic E-state index is -0.625. The lowest BCUT2D eigenvalue weighted by atomic mass is 9.93. The molecule has 1 aliphatic rings. The third-order valence-corrected chi connectivity index (χ3v) is 6.67. The number of esters is 1. The zero-order chi connectivity index (χ0) is 28.3. The van der Waals surface area contributed by atoms with E-state index in [9.17, 15) is 14.4 Å². The number of allylic oxidation sites excluding steroid dienone is 1. The number of aromatic nitrogens is 4. The van der Waals surface area contributed by atoms with Crippen LogP contribution in [0, 0.1) is 0 Å². The molecule has 40 heavy (non-hydrogen) atoms. The summed E-state index contributed by atoms with van der Waals surface area (Å²) in [5.74, 6) is -0.787. The van der Waals surface area contributed by atoms with Crippen molar-refractivity contribution < 1.29 is 14.3 Å². The third-order valence-electron chi connectivity index (χ3n) is 6.67. The van der Waals surface area contributed by atoms with Crippen molar-refractivity contribution in [2.75, 3.05) is 6.54 Å². The lowest BCUT2D eigenvalue weighted by Gasteiger charge is -2.22. The van der Waals surface area contributed by atoms with E-state index in [4.69, 9.17) is 14.9 Å². The molecule has 3 aromatic heterocycles. The number of hydrogen-bond acceptors (Lipinski definition) is 6. The van der Waals surface area contributed by atoms with E-state index < -0.39 is 11.6 Å². The number of carbonyl (C=O) groups is 2. The van der Waals surface area contributed by atoms with Gasteiger partial charge in [0.2, 0.25) is 5.91 Å². The molecule has 206 valence electrons. The van der Waals surface area contributed by atoms with Gasteiger partial charge in [0.15, 0.2) is 0 Å². The molecule has 4 aromatic rings. The van der Waals surface area contributed by atoms with Crippen molar-refractivity contribution in [3.8, 4) is 22.5 Å². The summed E-state index contributed by atoms with van der Waals surface area (Å²) >= 11 is 0. The van der Waals surface area contributed by atoms with E-state index >= 15 is 0 Å². The van der Waals surface area contributed by atoms with Gasteiger partial charge in [0.1, 0.15) is 17.8 Å². The molecule has 0 fully saturated rings. The number of nitrogens with one attached hydrogen (secondary N) is 1. The predicted molar refractivity (Wildman–Crippen MR) is 153 cm³/mol. The van der Waals surface area contributed by atoms with Crippen molar-refractivity contribution in [3.05, 3.63) is 82.8 Å². The van der Waals surface area contributed by atoms with Crippen molar-refractivity contribution in [2.45, 2.75) is 58.5 Å². The normalized spacial score (nSPS) is 13.9. The molecule has 0 saturated carbocycles. The summed E-state index contributed by atoms with van der Waals surface area (Å²) in [6, 6.07) is 19.0. The average molecular weight is 540 g/mol. The van der Waals surface area contributed by atoms with E-state index in [0.717, 1.165) is 46.4 Å². The second-order valence-electron chi connectivity index (χ2n) is 10.9. The van der Waals surface area contributed by atoms with Crippen LogP contribution in [0.25, 0.3) is 33.7 Å². The number of fused-ring (bicyclic) bond motifs is 1. The van der Waals surface area contributed by atoms with Crippen molar-refractivity contribution in [1.29, 1.82) is 0 Å². The Morgan fingerprint density at radius 2 is 1.70 bits per heavy atom. The Hall–Kier alpha value is -4.53. The number of hydrogen-bond donors (Lipinski definition) is 1.